The lowest BCUT2D eigenvalue weighted by molar-refractivity contribution is -0.128. The molecule has 4 N–H and O–H groups in total. The van der Waals surface area contributed by atoms with Crippen LogP contribution in [-0.2, 0) is 4.79 Å². The molecule has 0 bridgehead atoms. The summed E-state index contributed by atoms with van der Waals surface area (Å²) >= 11 is 0. The third-order valence-corrected chi connectivity index (χ3v) is 5.66. The zero-order chi connectivity index (χ0) is 18.7. The number of nitrogens with two attached hydrogens (primary N) is 1. The van der Waals surface area contributed by atoms with Crippen molar-refractivity contribution in [2.45, 2.75) is 45.1 Å². The van der Waals surface area contributed by atoms with E-state index in [1.54, 1.807) is 4.90 Å². The van der Waals surface area contributed by atoms with Gasteiger partial charge in [-0.3, -0.25) is 4.79 Å². The van der Waals surface area contributed by atoms with Crippen molar-refractivity contribution in [2.24, 2.45) is 17.6 Å². The van der Waals surface area contributed by atoms with Gasteiger partial charge in [0.25, 0.3) is 0 Å². The van der Waals surface area contributed by atoms with Crippen LogP contribution >= 0.6 is 0 Å². The summed E-state index contributed by atoms with van der Waals surface area (Å²) < 4.78 is 0. The minimum Gasteiger partial charge on any atom is -0.349 e. The second-order valence-corrected chi connectivity index (χ2v) is 7.97. The van der Waals surface area contributed by atoms with E-state index in [0.717, 1.165) is 36.9 Å². The number of hydrogen-bond acceptors (Lipinski definition) is 3. The number of carbonyl (C=O) groups excluding carboxylic acids is 2. The second-order valence-electron chi connectivity index (χ2n) is 7.97. The molecule has 2 unspecified atom stereocenters. The van der Waals surface area contributed by atoms with Crippen LogP contribution in [-0.4, -0.2) is 42.0 Å². The van der Waals surface area contributed by atoms with E-state index in [0.29, 0.717) is 25.6 Å². The van der Waals surface area contributed by atoms with Gasteiger partial charge < -0.3 is 21.3 Å². The summed E-state index contributed by atoms with van der Waals surface area (Å²) in [6, 6.07) is 7.58. The van der Waals surface area contributed by atoms with E-state index in [2.05, 4.69) is 10.6 Å². The van der Waals surface area contributed by atoms with E-state index in [9.17, 15) is 9.59 Å². The zero-order valence-corrected chi connectivity index (χ0v) is 15.8. The van der Waals surface area contributed by atoms with Crippen LogP contribution in [0.2, 0.25) is 0 Å². The van der Waals surface area contributed by atoms with Gasteiger partial charge in [-0.15, -0.1) is 0 Å². The quantitative estimate of drug-likeness (QED) is 0.756. The topological polar surface area (TPSA) is 87.5 Å². The van der Waals surface area contributed by atoms with Gasteiger partial charge >= 0.3 is 6.03 Å². The summed E-state index contributed by atoms with van der Waals surface area (Å²) in [7, 11) is 0. The van der Waals surface area contributed by atoms with Crippen molar-refractivity contribution in [1.29, 1.82) is 0 Å². The summed E-state index contributed by atoms with van der Waals surface area (Å²) in [6.45, 7) is 5.61. The maximum Gasteiger partial charge on any atom is 0.321 e. The predicted octanol–water partition coefficient (Wildman–Crippen LogP) is 2.48. The number of amides is 3. The van der Waals surface area contributed by atoms with Crippen LogP contribution in [0.1, 0.15) is 38.2 Å². The van der Waals surface area contributed by atoms with Gasteiger partial charge in [0.05, 0.1) is 11.5 Å². The van der Waals surface area contributed by atoms with E-state index in [4.69, 9.17) is 5.73 Å². The van der Waals surface area contributed by atoms with E-state index in [-0.39, 0.29) is 23.4 Å². The molecule has 1 aromatic carbocycles. The lowest BCUT2D eigenvalue weighted by Gasteiger charge is -2.36. The van der Waals surface area contributed by atoms with Crippen molar-refractivity contribution < 1.29 is 9.59 Å². The minimum absolute atomic E-state index is 0.0258. The van der Waals surface area contributed by atoms with E-state index in [1.807, 2.05) is 38.1 Å². The largest absolute Gasteiger partial charge is 0.349 e. The average Bonchev–Trinajstić information content (AvgIpc) is 3.47. The molecule has 2 atom stereocenters. The lowest BCUT2D eigenvalue weighted by atomic mass is 9.92. The standard InChI is InChI=1S/C20H30N4O2/c1-14-5-3-7-17(11-14)22-19(26)24-10-4-6-15(12-24)18(25)23-20(2,13-21)16-8-9-16/h3,5,7,11,15-16H,4,6,8-10,12-13,21H2,1-2H3,(H,22,26)(H,23,25). The van der Waals surface area contributed by atoms with Crippen LogP contribution in [0.4, 0.5) is 10.5 Å². The number of hydrogen-bond donors (Lipinski definition) is 3. The molecule has 1 aliphatic heterocycles. The van der Waals surface area contributed by atoms with E-state index in [1.165, 1.54) is 0 Å². The Hall–Kier alpha value is -2.08. The summed E-state index contributed by atoms with van der Waals surface area (Å²) in [5, 5.41) is 6.10. The van der Waals surface area contributed by atoms with Gasteiger partial charge in [-0.05, 0) is 63.1 Å². The zero-order valence-electron chi connectivity index (χ0n) is 15.8. The highest BCUT2D eigenvalue weighted by molar-refractivity contribution is 5.90. The number of aryl methyl sites for hydroxylation is 1. The fourth-order valence-electron chi connectivity index (χ4n) is 3.72. The molecule has 1 saturated heterocycles. The first-order chi connectivity index (χ1) is 12.4. The van der Waals surface area contributed by atoms with Gasteiger partial charge in [0.2, 0.25) is 5.91 Å². The van der Waals surface area contributed by atoms with Gasteiger partial charge in [-0.25, -0.2) is 4.79 Å². The first kappa shape index (κ1) is 18.7. The molecule has 0 spiro atoms. The number of urea groups is 1. The number of benzene rings is 1. The predicted molar refractivity (Wildman–Crippen MR) is 103 cm³/mol. The first-order valence-corrected chi connectivity index (χ1v) is 9.56. The van der Waals surface area contributed by atoms with Gasteiger partial charge in [-0.1, -0.05) is 12.1 Å². The summed E-state index contributed by atoms with van der Waals surface area (Å²) in [5.74, 6) is 0.343. The third kappa shape index (κ3) is 4.36. The summed E-state index contributed by atoms with van der Waals surface area (Å²) in [6.07, 6.45) is 3.90. The SMILES string of the molecule is Cc1cccc(NC(=O)N2CCCC(C(=O)NC(C)(CN)C3CC3)C2)c1. The molecule has 1 saturated carbocycles. The van der Waals surface area contributed by atoms with Crippen LogP contribution in [0.3, 0.4) is 0 Å². The molecular weight excluding hydrogens is 328 g/mol. The molecule has 0 radical (unpaired) electrons. The molecule has 2 aliphatic rings. The molecule has 3 amide bonds. The molecule has 2 fully saturated rings. The molecule has 6 nitrogen and oxygen atoms in total. The Balaban J connectivity index is 1.58. The Morgan fingerprint density at radius 1 is 1.31 bits per heavy atom. The number of carbonyl (C=O) groups is 2. The number of piperidine rings is 1. The molecule has 142 valence electrons. The summed E-state index contributed by atoms with van der Waals surface area (Å²) in [4.78, 5) is 27.1. The smallest absolute Gasteiger partial charge is 0.321 e. The second kappa shape index (κ2) is 7.66. The van der Waals surface area contributed by atoms with Crippen LogP contribution in [0.5, 0.6) is 0 Å². The Morgan fingerprint density at radius 2 is 2.08 bits per heavy atom. The monoisotopic (exact) mass is 358 g/mol. The maximum atomic E-state index is 12.8. The van der Waals surface area contributed by atoms with Crippen LogP contribution in [0.25, 0.3) is 0 Å². The van der Waals surface area contributed by atoms with Crippen molar-refractivity contribution >= 4 is 17.6 Å². The number of anilines is 1. The molecule has 26 heavy (non-hydrogen) atoms. The molecule has 0 aromatic heterocycles. The van der Waals surface area contributed by atoms with E-state index >= 15 is 0 Å². The fourth-order valence-corrected chi connectivity index (χ4v) is 3.72. The average molecular weight is 358 g/mol. The molecule has 1 aliphatic carbocycles. The molecule has 1 heterocycles. The van der Waals surface area contributed by atoms with Crippen LogP contribution in [0.15, 0.2) is 24.3 Å². The van der Waals surface area contributed by atoms with Crippen LogP contribution in [0, 0.1) is 18.8 Å². The van der Waals surface area contributed by atoms with Gasteiger partial charge in [-0.2, -0.15) is 0 Å². The Bertz CT molecular complexity index is 674. The maximum absolute atomic E-state index is 12.8. The lowest BCUT2D eigenvalue weighted by Crippen LogP contribution is -2.56. The van der Waals surface area contributed by atoms with Gasteiger partial charge in [0.15, 0.2) is 0 Å². The summed E-state index contributed by atoms with van der Waals surface area (Å²) in [5.41, 5.74) is 7.47. The van der Waals surface area contributed by atoms with Crippen molar-refractivity contribution in [3.05, 3.63) is 29.8 Å². The minimum atomic E-state index is -0.316. The van der Waals surface area contributed by atoms with Crippen molar-refractivity contribution in [2.75, 3.05) is 25.0 Å². The fraction of sp³-hybridized carbons (Fsp3) is 0.600. The molecule has 3 rings (SSSR count). The Morgan fingerprint density at radius 3 is 2.73 bits per heavy atom. The number of nitrogens with zero attached hydrogens (tertiary/aromatic N) is 1. The molecule has 1 aromatic rings. The Labute approximate surface area is 155 Å². The highest BCUT2D eigenvalue weighted by Gasteiger charge is 2.42. The normalized spacial score (nSPS) is 22.4. The highest BCUT2D eigenvalue weighted by atomic mass is 16.2. The van der Waals surface area contributed by atoms with Crippen molar-refractivity contribution in [3.8, 4) is 0 Å². The van der Waals surface area contributed by atoms with Crippen LogP contribution < -0.4 is 16.4 Å². The number of nitrogens with one attached hydrogen (secondary N) is 2. The molecular formula is C20H30N4O2. The van der Waals surface area contributed by atoms with Gasteiger partial charge in [0, 0.05) is 25.3 Å². The Kier molecular flexibility index (Phi) is 5.51. The highest BCUT2D eigenvalue weighted by Crippen LogP contribution is 2.39. The van der Waals surface area contributed by atoms with Crippen molar-refractivity contribution in [3.63, 3.8) is 0 Å². The van der Waals surface area contributed by atoms with Gasteiger partial charge in [0.1, 0.15) is 0 Å². The first-order valence-electron chi connectivity index (χ1n) is 9.56. The third-order valence-electron chi connectivity index (χ3n) is 5.66. The number of likely N-dealkylation sites (tertiary alicyclic amines) is 1. The van der Waals surface area contributed by atoms with E-state index < -0.39 is 0 Å². The van der Waals surface area contributed by atoms with Crippen molar-refractivity contribution in [1.82, 2.24) is 10.2 Å². The number of rotatable bonds is 5. The molecule has 6 heteroatoms.